The van der Waals surface area contributed by atoms with Crippen molar-refractivity contribution in [2.24, 2.45) is 62.6 Å². The van der Waals surface area contributed by atoms with Crippen LogP contribution < -0.4 is 0 Å². The molecule has 0 spiro atoms. The van der Waals surface area contributed by atoms with Gasteiger partial charge in [0.2, 0.25) is 0 Å². The molecule has 0 amide bonds. The number of aliphatic hydroxyl groups is 1. The van der Waals surface area contributed by atoms with Gasteiger partial charge in [0.25, 0.3) is 0 Å². The topological polar surface area (TPSA) is 74.6 Å². The van der Waals surface area contributed by atoms with Gasteiger partial charge in [0, 0.05) is 5.92 Å². The Kier molecular flexibility index (Phi) is 5.20. The van der Waals surface area contributed by atoms with Gasteiger partial charge in [0.1, 0.15) is 6.29 Å². The van der Waals surface area contributed by atoms with E-state index in [2.05, 4.69) is 48.1 Å². The predicted molar refractivity (Wildman–Crippen MR) is 133 cm³/mol. The lowest BCUT2D eigenvalue weighted by Crippen LogP contribution is -2.65. The van der Waals surface area contributed by atoms with Crippen molar-refractivity contribution in [3.05, 3.63) is 12.2 Å². The quantitative estimate of drug-likeness (QED) is 0.385. The predicted octanol–water partition coefficient (Wildman–Crippen LogP) is 6.12. The third-order valence-electron chi connectivity index (χ3n) is 13.5. The first-order valence-electron chi connectivity index (χ1n) is 13.8. The van der Waals surface area contributed by atoms with Crippen molar-refractivity contribution in [1.82, 2.24) is 0 Å². The zero-order chi connectivity index (χ0) is 25.1. The normalized spacial score (nSPS) is 55.4. The van der Waals surface area contributed by atoms with E-state index in [-0.39, 0.29) is 33.5 Å². The Labute approximate surface area is 206 Å². The fraction of sp³-hybridized carbons (Fsp3) is 0.867. The lowest BCUT2D eigenvalue weighted by Gasteiger charge is -2.70. The largest absolute Gasteiger partial charge is 0.481 e. The zero-order valence-electron chi connectivity index (χ0n) is 22.2. The highest BCUT2D eigenvalue weighted by Crippen LogP contribution is 2.78. The Bertz CT molecular complexity index is 923. The van der Waals surface area contributed by atoms with Gasteiger partial charge in [-0.1, -0.05) is 46.8 Å². The maximum atomic E-state index is 12.8. The van der Waals surface area contributed by atoms with Crippen molar-refractivity contribution in [3.63, 3.8) is 0 Å². The number of carbonyl (C=O) groups excluding carboxylic acids is 1. The van der Waals surface area contributed by atoms with Crippen molar-refractivity contribution >= 4 is 12.3 Å². The van der Waals surface area contributed by atoms with Crippen LogP contribution in [-0.4, -0.2) is 28.6 Å². The van der Waals surface area contributed by atoms with E-state index in [0.29, 0.717) is 23.7 Å². The molecule has 2 N–H and O–H groups in total. The fourth-order valence-corrected chi connectivity index (χ4v) is 11.7. The third kappa shape index (κ3) is 2.55. The van der Waals surface area contributed by atoms with E-state index in [1.807, 2.05) is 0 Å². The minimum atomic E-state index is -0.602. The van der Waals surface area contributed by atoms with E-state index in [1.54, 1.807) is 0 Å². The van der Waals surface area contributed by atoms with Gasteiger partial charge in [-0.15, -0.1) is 0 Å². The van der Waals surface area contributed by atoms with E-state index in [0.717, 1.165) is 63.2 Å². The zero-order valence-corrected chi connectivity index (χ0v) is 22.2. The van der Waals surface area contributed by atoms with Crippen LogP contribution in [0.3, 0.4) is 0 Å². The van der Waals surface area contributed by atoms with E-state index in [1.165, 1.54) is 0 Å². The van der Waals surface area contributed by atoms with Crippen LogP contribution in [0.25, 0.3) is 0 Å². The Morgan fingerprint density at radius 1 is 0.912 bits per heavy atom. The molecule has 5 rings (SSSR count). The molecule has 34 heavy (non-hydrogen) atoms. The van der Waals surface area contributed by atoms with Gasteiger partial charge >= 0.3 is 5.97 Å². The summed E-state index contributed by atoms with van der Waals surface area (Å²) < 4.78 is 0. The average molecular weight is 471 g/mol. The number of allylic oxidation sites excluding steroid dienone is 1. The number of hydrogen-bond acceptors (Lipinski definition) is 3. The number of carbonyl (C=O) groups is 2. The summed E-state index contributed by atoms with van der Waals surface area (Å²) in [6.07, 6.45) is 8.13. The van der Waals surface area contributed by atoms with Gasteiger partial charge in [0.15, 0.2) is 0 Å². The molecular formula is C30H46O4. The highest BCUT2D eigenvalue weighted by atomic mass is 16.4. The smallest absolute Gasteiger partial charge is 0.309 e. The van der Waals surface area contributed by atoms with Crippen molar-refractivity contribution in [2.75, 3.05) is 0 Å². The minimum Gasteiger partial charge on any atom is -0.481 e. The van der Waals surface area contributed by atoms with E-state index in [9.17, 15) is 19.8 Å². The molecule has 5 fully saturated rings. The van der Waals surface area contributed by atoms with E-state index < -0.39 is 17.5 Å². The van der Waals surface area contributed by atoms with Gasteiger partial charge in [-0.2, -0.15) is 0 Å². The second-order valence-corrected chi connectivity index (χ2v) is 14.4. The van der Waals surface area contributed by atoms with Crippen LogP contribution in [-0.2, 0) is 9.59 Å². The molecule has 0 aromatic heterocycles. The monoisotopic (exact) mass is 470 g/mol. The van der Waals surface area contributed by atoms with Gasteiger partial charge in [-0.3, -0.25) is 4.79 Å². The molecule has 0 heterocycles. The molecule has 190 valence electrons. The van der Waals surface area contributed by atoms with Gasteiger partial charge in [-0.25, -0.2) is 0 Å². The van der Waals surface area contributed by atoms with Crippen molar-refractivity contribution in [2.45, 2.75) is 99.0 Å². The SMILES string of the molecule is C=C(C)[C@@H]1CC[C@@]2(C(=O)O)CC[C@@]3(C)[C@@H](CC[C@H]4[C@@]5(C)[C@H](C=O)[C@H](O)C(C)(C)[C@@H]5CC[C@@]43C)[C@H]12. The molecule has 11 atom stereocenters. The lowest BCUT2D eigenvalue weighted by molar-refractivity contribution is -0.225. The lowest BCUT2D eigenvalue weighted by atomic mass is 9.34. The van der Waals surface area contributed by atoms with Gasteiger partial charge in [-0.05, 0) is 110 Å². The summed E-state index contributed by atoms with van der Waals surface area (Å²) in [4.78, 5) is 25.2. The number of aliphatic hydroxyl groups excluding tert-OH is 1. The van der Waals surface area contributed by atoms with Crippen LogP contribution in [0.15, 0.2) is 12.2 Å². The molecule has 0 unspecified atom stereocenters. The molecular weight excluding hydrogens is 424 g/mol. The number of aldehydes is 1. The summed E-state index contributed by atoms with van der Waals surface area (Å²) >= 11 is 0. The Morgan fingerprint density at radius 3 is 2.18 bits per heavy atom. The second kappa shape index (κ2) is 7.20. The summed E-state index contributed by atoms with van der Waals surface area (Å²) in [6.45, 7) is 18.0. The first-order valence-corrected chi connectivity index (χ1v) is 13.8. The molecule has 0 aliphatic heterocycles. The summed E-state index contributed by atoms with van der Waals surface area (Å²) in [7, 11) is 0. The van der Waals surface area contributed by atoms with Crippen LogP contribution in [0.5, 0.6) is 0 Å². The Balaban J connectivity index is 1.61. The molecule has 0 aromatic carbocycles. The van der Waals surface area contributed by atoms with Crippen LogP contribution in [0.2, 0.25) is 0 Å². The molecule has 5 saturated carbocycles. The highest BCUT2D eigenvalue weighted by molar-refractivity contribution is 5.76. The van der Waals surface area contributed by atoms with Gasteiger partial charge < -0.3 is 15.0 Å². The molecule has 4 heteroatoms. The van der Waals surface area contributed by atoms with Gasteiger partial charge in [0.05, 0.1) is 11.5 Å². The number of carboxylic acids is 1. The van der Waals surface area contributed by atoms with Crippen LogP contribution in [0.4, 0.5) is 0 Å². The highest BCUT2D eigenvalue weighted by Gasteiger charge is 2.74. The number of hydrogen-bond donors (Lipinski definition) is 2. The Hall–Kier alpha value is -1.16. The van der Waals surface area contributed by atoms with Crippen LogP contribution in [0.1, 0.15) is 92.9 Å². The first-order chi connectivity index (χ1) is 15.7. The molecule has 0 bridgehead atoms. The molecule has 0 aromatic rings. The van der Waals surface area contributed by atoms with Crippen LogP contribution >= 0.6 is 0 Å². The Morgan fingerprint density at radius 2 is 1.59 bits per heavy atom. The third-order valence-corrected chi connectivity index (χ3v) is 13.5. The minimum absolute atomic E-state index is 0.0371. The first kappa shape index (κ1) is 24.5. The van der Waals surface area contributed by atoms with E-state index in [4.69, 9.17) is 0 Å². The number of fused-ring (bicyclic) bond motifs is 7. The van der Waals surface area contributed by atoms with Crippen molar-refractivity contribution in [1.29, 1.82) is 0 Å². The fourth-order valence-electron chi connectivity index (χ4n) is 11.7. The molecule has 4 nitrogen and oxygen atoms in total. The number of aliphatic carboxylic acids is 1. The summed E-state index contributed by atoms with van der Waals surface area (Å²) in [5.41, 5.74) is 0.153. The summed E-state index contributed by atoms with van der Waals surface area (Å²) in [6, 6.07) is 0. The molecule has 5 aliphatic rings. The van der Waals surface area contributed by atoms with Crippen molar-refractivity contribution in [3.8, 4) is 0 Å². The standard InChI is InChI=1S/C30H46O4/c1-17(2)18-10-13-30(25(33)34)15-14-27(5)19(23(18)30)8-9-22-28(27,6)12-11-21-26(3,4)24(32)20(16-31)29(21,22)7/h16,18-24,32H,1,8-15H2,2-7H3,(H,33,34)/t18-,19-,20+,21-,22+,23-,24-,27-,28-,29-,30+/m0/s1. The molecule has 0 radical (unpaired) electrons. The summed E-state index contributed by atoms with van der Waals surface area (Å²) in [5, 5.41) is 21.8. The molecule has 0 saturated heterocycles. The molecule has 5 aliphatic carbocycles. The number of rotatable bonds is 3. The summed E-state index contributed by atoms with van der Waals surface area (Å²) in [5.74, 6) is 0.617. The van der Waals surface area contributed by atoms with Crippen LogP contribution in [0, 0.1) is 62.6 Å². The average Bonchev–Trinajstić information content (AvgIpc) is 3.22. The second-order valence-electron chi connectivity index (χ2n) is 14.4. The number of carboxylic acid groups (broad SMARTS) is 1. The van der Waals surface area contributed by atoms with Crippen molar-refractivity contribution < 1.29 is 19.8 Å². The van der Waals surface area contributed by atoms with E-state index >= 15 is 0 Å². The maximum Gasteiger partial charge on any atom is 0.309 e. The maximum absolute atomic E-state index is 12.8.